The van der Waals surface area contributed by atoms with E-state index in [9.17, 15) is 9.59 Å². The summed E-state index contributed by atoms with van der Waals surface area (Å²) in [5.41, 5.74) is 1.31. The molecule has 0 radical (unpaired) electrons. The number of carboxylic acids is 1. The van der Waals surface area contributed by atoms with Gasteiger partial charge in [-0.1, -0.05) is 13.8 Å². The van der Waals surface area contributed by atoms with Crippen LogP contribution in [-0.4, -0.2) is 32.6 Å². The van der Waals surface area contributed by atoms with Crippen LogP contribution in [0.3, 0.4) is 0 Å². The molecule has 0 saturated carbocycles. The highest BCUT2D eigenvalue weighted by Gasteiger charge is 2.21. The summed E-state index contributed by atoms with van der Waals surface area (Å²) in [7, 11) is 0. The number of aromatic nitrogens is 2. The molecule has 0 aliphatic heterocycles. The number of nitrogens with one attached hydrogen (secondary N) is 1. The van der Waals surface area contributed by atoms with Gasteiger partial charge in [-0.25, -0.2) is 9.78 Å². The number of carboxylic acid groups (broad SMARTS) is 1. The smallest absolute Gasteiger partial charge is 0.326 e. The molecule has 6 nitrogen and oxygen atoms in total. The number of aliphatic carboxylic acids is 1. The molecule has 2 rings (SSSR count). The maximum atomic E-state index is 12.1. The van der Waals surface area contributed by atoms with E-state index in [0.29, 0.717) is 12.0 Å². The monoisotopic (exact) mass is 301 g/mol. The molecule has 0 aliphatic carbocycles. The minimum absolute atomic E-state index is 0.185. The molecule has 22 heavy (non-hydrogen) atoms. The molecule has 0 fully saturated rings. The Labute approximate surface area is 128 Å². The topological polar surface area (TPSA) is 84.2 Å². The third-order valence-electron chi connectivity index (χ3n) is 3.24. The summed E-state index contributed by atoms with van der Waals surface area (Å²) in [4.78, 5) is 27.3. The van der Waals surface area contributed by atoms with Crippen molar-refractivity contribution in [2.24, 2.45) is 5.92 Å². The van der Waals surface area contributed by atoms with Gasteiger partial charge in [0.15, 0.2) is 0 Å². The number of carbonyl (C=O) groups is 2. The molecule has 1 heterocycles. The van der Waals surface area contributed by atoms with Crippen LogP contribution in [0, 0.1) is 5.92 Å². The van der Waals surface area contributed by atoms with Gasteiger partial charge >= 0.3 is 5.97 Å². The Balaban J connectivity index is 2.07. The van der Waals surface area contributed by atoms with Crippen molar-refractivity contribution in [3.63, 3.8) is 0 Å². The average Bonchev–Trinajstić information content (AvgIpc) is 3.00. The fourth-order valence-corrected chi connectivity index (χ4v) is 2.13. The predicted molar refractivity (Wildman–Crippen MR) is 81.9 cm³/mol. The second-order valence-electron chi connectivity index (χ2n) is 5.51. The number of hydrogen-bond donors (Lipinski definition) is 2. The number of amides is 1. The van der Waals surface area contributed by atoms with E-state index in [1.54, 1.807) is 43.0 Å². The highest BCUT2D eigenvalue weighted by Crippen LogP contribution is 2.11. The Kier molecular flexibility index (Phi) is 4.93. The zero-order valence-corrected chi connectivity index (χ0v) is 12.6. The lowest BCUT2D eigenvalue weighted by Gasteiger charge is -2.16. The van der Waals surface area contributed by atoms with Crippen molar-refractivity contribution in [2.45, 2.75) is 26.3 Å². The van der Waals surface area contributed by atoms with Gasteiger partial charge in [0.2, 0.25) is 0 Å². The van der Waals surface area contributed by atoms with Crippen LogP contribution in [0.2, 0.25) is 0 Å². The molecule has 1 aromatic heterocycles. The van der Waals surface area contributed by atoms with Gasteiger partial charge in [-0.05, 0) is 36.6 Å². The first kappa shape index (κ1) is 15.8. The van der Waals surface area contributed by atoms with Gasteiger partial charge in [0, 0.05) is 23.6 Å². The van der Waals surface area contributed by atoms with Crippen molar-refractivity contribution >= 4 is 11.9 Å². The Hall–Kier alpha value is -2.63. The third kappa shape index (κ3) is 3.94. The van der Waals surface area contributed by atoms with E-state index in [1.807, 2.05) is 18.4 Å². The lowest BCUT2D eigenvalue weighted by atomic mass is 10.0. The van der Waals surface area contributed by atoms with Gasteiger partial charge < -0.3 is 15.0 Å². The molecule has 116 valence electrons. The average molecular weight is 301 g/mol. The molecule has 6 heteroatoms. The molecule has 1 aromatic carbocycles. The zero-order valence-electron chi connectivity index (χ0n) is 12.6. The molecular formula is C16H19N3O3. The van der Waals surface area contributed by atoms with E-state index >= 15 is 0 Å². The Morgan fingerprint density at radius 3 is 2.45 bits per heavy atom. The van der Waals surface area contributed by atoms with Gasteiger partial charge in [0.05, 0.1) is 6.33 Å². The van der Waals surface area contributed by atoms with Crippen molar-refractivity contribution in [3.05, 3.63) is 48.5 Å². The van der Waals surface area contributed by atoms with Gasteiger partial charge in [-0.2, -0.15) is 0 Å². The summed E-state index contributed by atoms with van der Waals surface area (Å²) in [5, 5.41) is 11.7. The maximum Gasteiger partial charge on any atom is 0.326 e. The van der Waals surface area contributed by atoms with Crippen LogP contribution in [-0.2, 0) is 4.79 Å². The van der Waals surface area contributed by atoms with Crippen LogP contribution in [0.5, 0.6) is 0 Å². The summed E-state index contributed by atoms with van der Waals surface area (Å²) in [6.07, 6.45) is 5.54. The molecule has 0 saturated heterocycles. The summed E-state index contributed by atoms with van der Waals surface area (Å²) in [5.74, 6) is -1.22. The number of hydrogen-bond acceptors (Lipinski definition) is 3. The van der Waals surface area contributed by atoms with Gasteiger partial charge in [-0.15, -0.1) is 0 Å². The largest absolute Gasteiger partial charge is 0.480 e. The molecule has 0 aliphatic rings. The fourth-order valence-electron chi connectivity index (χ4n) is 2.13. The molecule has 1 amide bonds. The minimum Gasteiger partial charge on any atom is -0.480 e. The molecule has 0 bridgehead atoms. The lowest BCUT2D eigenvalue weighted by Crippen LogP contribution is -2.41. The number of nitrogens with zero attached hydrogens (tertiary/aromatic N) is 2. The van der Waals surface area contributed by atoms with E-state index in [4.69, 9.17) is 5.11 Å². The standard InChI is InChI=1S/C16H19N3O3/c1-11(2)9-14(16(21)22)18-15(20)12-3-5-13(6-4-12)19-8-7-17-10-19/h3-8,10-11,14H,9H2,1-2H3,(H,18,20)(H,21,22)/t14-/m0/s1. The second-order valence-corrected chi connectivity index (χ2v) is 5.51. The van der Waals surface area contributed by atoms with Crippen LogP contribution in [0.15, 0.2) is 43.0 Å². The Morgan fingerprint density at radius 2 is 1.95 bits per heavy atom. The molecule has 1 atom stereocenters. The summed E-state index contributed by atoms with van der Waals surface area (Å²) in [6, 6.07) is 6.03. The second kappa shape index (κ2) is 6.89. The molecule has 2 aromatic rings. The Bertz CT molecular complexity index is 633. The van der Waals surface area contributed by atoms with Crippen molar-refractivity contribution in [3.8, 4) is 5.69 Å². The lowest BCUT2D eigenvalue weighted by molar-refractivity contribution is -0.139. The van der Waals surface area contributed by atoms with E-state index in [2.05, 4.69) is 10.3 Å². The molecule has 0 unspecified atom stereocenters. The Morgan fingerprint density at radius 1 is 1.27 bits per heavy atom. The molecular weight excluding hydrogens is 282 g/mol. The predicted octanol–water partition coefficient (Wildman–Crippen LogP) is 2.10. The van der Waals surface area contributed by atoms with Crippen LogP contribution in [0.1, 0.15) is 30.6 Å². The van der Waals surface area contributed by atoms with E-state index in [1.165, 1.54) is 0 Å². The van der Waals surface area contributed by atoms with E-state index < -0.39 is 12.0 Å². The first-order valence-corrected chi connectivity index (χ1v) is 7.09. The zero-order chi connectivity index (χ0) is 16.1. The first-order chi connectivity index (χ1) is 10.5. The number of imidazole rings is 1. The fraction of sp³-hybridized carbons (Fsp3) is 0.312. The minimum atomic E-state index is -1.02. The third-order valence-corrected chi connectivity index (χ3v) is 3.24. The van der Waals surface area contributed by atoms with Gasteiger partial charge in [0.1, 0.15) is 6.04 Å². The van der Waals surface area contributed by atoms with Crippen molar-refractivity contribution in [2.75, 3.05) is 0 Å². The summed E-state index contributed by atoms with van der Waals surface area (Å²) < 4.78 is 1.82. The van der Waals surface area contributed by atoms with Crippen LogP contribution in [0.4, 0.5) is 0 Å². The molecule has 0 spiro atoms. The maximum absolute atomic E-state index is 12.1. The van der Waals surface area contributed by atoms with Crippen molar-refractivity contribution in [1.29, 1.82) is 0 Å². The highest BCUT2D eigenvalue weighted by molar-refractivity contribution is 5.96. The summed E-state index contributed by atoms with van der Waals surface area (Å²) in [6.45, 7) is 3.84. The summed E-state index contributed by atoms with van der Waals surface area (Å²) >= 11 is 0. The SMILES string of the molecule is CC(C)C[C@H](NC(=O)c1ccc(-n2ccnc2)cc1)C(=O)O. The first-order valence-electron chi connectivity index (χ1n) is 7.09. The number of rotatable bonds is 6. The van der Waals surface area contributed by atoms with Crippen molar-refractivity contribution in [1.82, 2.24) is 14.9 Å². The number of carbonyl (C=O) groups excluding carboxylic acids is 1. The molecule has 2 N–H and O–H groups in total. The van der Waals surface area contributed by atoms with Crippen LogP contribution in [0.25, 0.3) is 5.69 Å². The quantitative estimate of drug-likeness (QED) is 0.855. The van der Waals surface area contributed by atoms with Crippen molar-refractivity contribution < 1.29 is 14.7 Å². The van der Waals surface area contributed by atoms with E-state index in [0.717, 1.165) is 5.69 Å². The van der Waals surface area contributed by atoms with Crippen LogP contribution >= 0.6 is 0 Å². The van der Waals surface area contributed by atoms with E-state index in [-0.39, 0.29) is 11.8 Å². The van der Waals surface area contributed by atoms with Crippen LogP contribution < -0.4 is 5.32 Å². The highest BCUT2D eigenvalue weighted by atomic mass is 16.4. The normalized spacial score (nSPS) is 12.1. The number of benzene rings is 1. The van der Waals surface area contributed by atoms with Gasteiger partial charge in [-0.3, -0.25) is 4.79 Å². The van der Waals surface area contributed by atoms with Gasteiger partial charge in [0.25, 0.3) is 5.91 Å².